The fraction of sp³-hybridized carbons (Fsp3) is 0.391. The van der Waals surface area contributed by atoms with Crippen LogP contribution >= 0.6 is 11.3 Å². The molecule has 2 unspecified atom stereocenters. The van der Waals surface area contributed by atoms with Gasteiger partial charge in [-0.1, -0.05) is 18.3 Å². The molecule has 2 N–H and O–H groups in total. The van der Waals surface area contributed by atoms with Crippen molar-refractivity contribution in [2.45, 2.75) is 55.7 Å². The number of aryl methyl sites for hydroxylation is 1. The molecule has 2 heterocycles. The maximum Gasteiger partial charge on any atom is 0.279 e. The van der Waals surface area contributed by atoms with Crippen LogP contribution in [0.2, 0.25) is 0 Å². The molecule has 1 aromatic heterocycles. The van der Waals surface area contributed by atoms with Crippen molar-refractivity contribution in [3.63, 3.8) is 0 Å². The van der Waals surface area contributed by atoms with Crippen molar-refractivity contribution in [1.82, 2.24) is 8.87 Å². The minimum Gasteiger partial charge on any atom is -0.373 e. The third-order valence-electron chi connectivity index (χ3n) is 5.75. The second-order valence-corrected chi connectivity index (χ2v) is 13.2. The predicted octanol–water partition coefficient (Wildman–Crippen LogP) is 2.30. The summed E-state index contributed by atoms with van der Waals surface area (Å²) in [6.07, 6.45) is 0.357. The van der Waals surface area contributed by atoms with Gasteiger partial charge in [-0.05, 0) is 62.7 Å². The van der Waals surface area contributed by atoms with Gasteiger partial charge in [-0.2, -0.15) is 9.30 Å². The summed E-state index contributed by atoms with van der Waals surface area (Å²) < 4.78 is 59.1. The van der Waals surface area contributed by atoms with E-state index >= 15 is 0 Å². The van der Waals surface area contributed by atoms with Gasteiger partial charge in [0.2, 0.25) is 20.0 Å². The lowest BCUT2D eigenvalue weighted by Crippen LogP contribution is -2.48. The minimum atomic E-state index is -3.87. The van der Waals surface area contributed by atoms with Gasteiger partial charge in [0, 0.05) is 25.2 Å². The first-order valence-corrected chi connectivity index (χ1v) is 15.2. The van der Waals surface area contributed by atoms with Crippen LogP contribution in [0.25, 0.3) is 10.2 Å². The highest BCUT2D eigenvalue weighted by atomic mass is 32.2. The normalized spacial score (nSPS) is 20.2. The van der Waals surface area contributed by atoms with Gasteiger partial charge in [-0.15, -0.1) is 0 Å². The highest BCUT2D eigenvalue weighted by Gasteiger charge is 2.32. The zero-order valence-corrected chi connectivity index (χ0v) is 22.6. The van der Waals surface area contributed by atoms with E-state index in [0.29, 0.717) is 16.0 Å². The number of thiazole rings is 1. The number of nitrogens with two attached hydrogens (primary N) is 1. The van der Waals surface area contributed by atoms with Gasteiger partial charge in [0.25, 0.3) is 5.91 Å². The number of fused-ring (bicyclic) bond motifs is 1. The SMILES string of the molecule is CCCn1c(=NC(=O)c2ccc(S(=O)(=O)N3CC(C)OC(C)C3)cc2)sc2cc(S(N)(=O)=O)ccc21. The van der Waals surface area contributed by atoms with Gasteiger partial charge in [0.15, 0.2) is 4.80 Å². The summed E-state index contributed by atoms with van der Waals surface area (Å²) >= 11 is 1.18. The third-order valence-corrected chi connectivity index (χ3v) is 9.55. The Kier molecular flexibility index (Phi) is 7.51. The molecule has 0 radical (unpaired) electrons. The van der Waals surface area contributed by atoms with Crippen molar-refractivity contribution >= 4 is 47.5 Å². The summed E-state index contributed by atoms with van der Waals surface area (Å²) in [6.45, 7) is 6.74. The fourth-order valence-electron chi connectivity index (χ4n) is 4.15. The Bertz CT molecular complexity index is 1560. The van der Waals surface area contributed by atoms with Crippen molar-refractivity contribution < 1.29 is 26.4 Å². The maximum absolute atomic E-state index is 13.1. The highest BCUT2D eigenvalue weighted by Crippen LogP contribution is 2.23. The molecule has 1 aliphatic heterocycles. The molecule has 1 saturated heterocycles. The molecule has 3 aromatic rings. The molecule has 0 bridgehead atoms. The van der Waals surface area contributed by atoms with Gasteiger partial charge >= 0.3 is 0 Å². The van der Waals surface area contributed by atoms with E-state index in [9.17, 15) is 21.6 Å². The predicted molar refractivity (Wildman–Crippen MR) is 137 cm³/mol. The Morgan fingerprint density at radius 2 is 1.67 bits per heavy atom. The molecule has 1 amide bonds. The number of primary sulfonamides is 1. The number of sulfonamides is 2. The van der Waals surface area contributed by atoms with Gasteiger partial charge in [0.05, 0.1) is 32.2 Å². The fourth-order valence-corrected chi connectivity index (χ4v) is 7.45. The summed E-state index contributed by atoms with van der Waals surface area (Å²) in [4.78, 5) is 17.7. The van der Waals surface area contributed by atoms with Crippen molar-refractivity contribution in [1.29, 1.82) is 0 Å². The van der Waals surface area contributed by atoms with Gasteiger partial charge in [-0.3, -0.25) is 4.79 Å². The highest BCUT2D eigenvalue weighted by molar-refractivity contribution is 7.89. The quantitative estimate of drug-likeness (QED) is 0.497. The van der Waals surface area contributed by atoms with Gasteiger partial charge in [0.1, 0.15) is 0 Å². The molecule has 1 fully saturated rings. The molecule has 36 heavy (non-hydrogen) atoms. The van der Waals surface area contributed by atoms with Crippen LogP contribution in [0.3, 0.4) is 0 Å². The number of aromatic nitrogens is 1. The number of benzene rings is 2. The Balaban J connectivity index is 1.66. The van der Waals surface area contributed by atoms with Crippen molar-refractivity contribution in [2.75, 3.05) is 13.1 Å². The van der Waals surface area contributed by atoms with Crippen LogP contribution < -0.4 is 9.94 Å². The Labute approximate surface area is 214 Å². The lowest BCUT2D eigenvalue weighted by atomic mass is 10.2. The smallest absolute Gasteiger partial charge is 0.279 e. The molecule has 2 atom stereocenters. The molecular formula is C23H28N4O6S3. The van der Waals surface area contributed by atoms with Crippen molar-refractivity contribution in [2.24, 2.45) is 10.1 Å². The summed E-state index contributed by atoms with van der Waals surface area (Å²) in [5.41, 5.74) is 0.986. The van der Waals surface area contributed by atoms with E-state index in [4.69, 9.17) is 9.88 Å². The van der Waals surface area contributed by atoms with Crippen LogP contribution in [-0.4, -0.2) is 56.9 Å². The summed E-state index contributed by atoms with van der Waals surface area (Å²) in [5.74, 6) is -0.532. The number of nitrogens with zero attached hydrogens (tertiary/aromatic N) is 3. The van der Waals surface area contributed by atoms with E-state index in [2.05, 4.69) is 4.99 Å². The van der Waals surface area contributed by atoms with E-state index in [1.807, 2.05) is 25.3 Å². The van der Waals surface area contributed by atoms with Crippen LogP contribution in [0.5, 0.6) is 0 Å². The monoisotopic (exact) mass is 552 g/mol. The van der Waals surface area contributed by atoms with E-state index in [1.165, 1.54) is 52.0 Å². The molecule has 13 heteroatoms. The molecule has 4 rings (SSSR count). The largest absolute Gasteiger partial charge is 0.373 e. The van der Waals surface area contributed by atoms with Crippen LogP contribution in [0.15, 0.2) is 57.2 Å². The Morgan fingerprint density at radius 3 is 2.25 bits per heavy atom. The molecule has 0 spiro atoms. The van der Waals surface area contributed by atoms with E-state index < -0.39 is 26.0 Å². The lowest BCUT2D eigenvalue weighted by molar-refractivity contribution is -0.0440. The van der Waals surface area contributed by atoms with E-state index in [0.717, 1.165) is 11.9 Å². The number of amides is 1. The molecular weight excluding hydrogens is 524 g/mol. The second-order valence-electron chi connectivity index (χ2n) is 8.73. The number of ether oxygens (including phenoxy) is 1. The average molecular weight is 553 g/mol. The molecule has 10 nitrogen and oxygen atoms in total. The second kappa shape index (κ2) is 10.1. The molecule has 0 aliphatic carbocycles. The van der Waals surface area contributed by atoms with E-state index in [-0.39, 0.29) is 40.7 Å². The lowest BCUT2D eigenvalue weighted by Gasteiger charge is -2.34. The summed E-state index contributed by atoms with van der Waals surface area (Å²) in [6, 6.07) is 10.3. The third kappa shape index (κ3) is 5.45. The summed E-state index contributed by atoms with van der Waals surface area (Å²) in [5, 5.41) is 5.25. The number of hydrogen-bond donors (Lipinski definition) is 1. The average Bonchev–Trinajstić information content (AvgIpc) is 3.14. The van der Waals surface area contributed by atoms with Crippen LogP contribution in [0, 0.1) is 0 Å². The first kappa shape index (κ1) is 26.6. The van der Waals surface area contributed by atoms with Gasteiger partial charge in [-0.25, -0.2) is 22.0 Å². The molecule has 2 aromatic carbocycles. The summed E-state index contributed by atoms with van der Waals surface area (Å²) in [7, 11) is -7.59. The maximum atomic E-state index is 13.1. The van der Waals surface area contributed by atoms with E-state index in [1.54, 1.807) is 6.07 Å². The van der Waals surface area contributed by atoms with Gasteiger partial charge < -0.3 is 9.30 Å². The Hall–Kier alpha value is -2.42. The van der Waals surface area contributed by atoms with Crippen LogP contribution in [0.4, 0.5) is 0 Å². The molecule has 0 saturated carbocycles. The minimum absolute atomic E-state index is 0.0152. The van der Waals surface area contributed by atoms with Crippen LogP contribution in [0.1, 0.15) is 37.6 Å². The number of morpholine rings is 1. The molecule has 194 valence electrons. The first-order valence-electron chi connectivity index (χ1n) is 11.4. The number of hydrogen-bond acceptors (Lipinski definition) is 7. The van der Waals surface area contributed by atoms with Crippen LogP contribution in [-0.2, 0) is 31.3 Å². The van der Waals surface area contributed by atoms with Crippen molar-refractivity contribution in [3.05, 3.63) is 52.8 Å². The molecule has 1 aliphatic rings. The Morgan fingerprint density at radius 1 is 1.06 bits per heavy atom. The standard InChI is InChI=1S/C23H28N4O6S3/c1-4-11-27-20-10-9-19(35(24,29)30)12-21(20)34-23(27)25-22(28)17-5-7-18(8-6-17)36(31,32)26-13-15(2)33-16(3)14-26/h5-10,12,15-16H,4,11,13-14H2,1-3H3,(H2,24,29,30). The number of carbonyl (C=O) groups is 1. The van der Waals surface area contributed by atoms with Crippen molar-refractivity contribution in [3.8, 4) is 0 Å². The number of carbonyl (C=O) groups excluding carboxylic acids is 1. The first-order chi connectivity index (χ1) is 16.9. The topological polar surface area (TPSA) is 141 Å². The number of rotatable bonds is 6. The zero-order chi connectivity index (χ0) is 26.3. The zero-order valence-electron chi connectivity index (χ0n) is 20.1.